The molecule has 13 heavy (non-hydrogen) atoms. The molecule has 0 atom stereocenters. The Hall–Kier alpha value is 2.30. The average molecular weight is 261 g/mol. The van der Waals surface area contributed by atoms with Crippen LogP contribution in [0.3, 0.4) is 0 Å². The van der Waals surface area contributed by atoms with Crippen LogP contribution in [0, 0.1) is 0 Å². The molecule has 4 heteroatoms. The molecule has 0 unspecified atom stereocenters. The molecule has 0 aliphatic carbocycles. The zero-order valence-corrected chi connectivity index (χ0v) is 14.2. The van der Waals surface area contributed by atoms with E-state index >= 15 is 0 Å². The molecule has 0 aromatic heterocycles. The minimum absolute atomic E-state index is 0. The predicted molar refractivity (Wildman–Crippen MR) is 65.8 cm³/mol. The Morgan fingerprint density at radius 3 is 2.23 bits per heavy atom. The van der Waals surface area contributed by atoms with Crippen molar-refractivity contribution in [2.24, 2.45) is 0 Å². The van der Waals surface area contributed by atoms with Gasteiger partial charge in [0.05, 0.1) is 0 Å². The van der Waals surface area contributed by atoms with Gasteiger partial charge in [-0.05, 0) is 12.2 Å². The second-order valence-electron chi connectivity index (χ2n) is 2.87. The van der Waals surface area contributed by atoms with Crippen molar-refractivity contribution in [3.05, 3.63) is 0 Å². The second-order valence-corrected chi connectivity index (χ2v) is 5.56. The summed E-state index contributed by atoms with van der Waals surface area (Å²) in [5.74, 6) is 1.12. The first-order chi connectivity index (χ1) is 5.77. The predicted octanol–water partition coefficient (Wildman–Crippen LogP) is 0.916. The van der Waals surface area contributed by atoms with E-state index in [0.29, 0.717) is 3.53 Å². The quantitative estimate of drug-likeness (QED) is 0.289. The molecular weight excluding hydrogens is 243 g/mol. The van der Waals surface area contributed by atoms with E-state index in [1.54, 1.807) is 11.8 Å². The Labute approximate surface area is 140 Å². The minimum atomic E-state index is 0. The fourth-order valence-corrected chi connectivity index (χ4v) is 2.05. The number of hydrogen-bond donors (Lipinski definition) is 0. The number of unbranched alkanes of at least 4 members (excludes halogenated alkanes) is 5. The van der Waals surface area contributed by atoms with E-state index in [0.717, 1.165) is 5.75 Å². The van der Waals surface area contributed by atoms with Crippen LogP contribution in [0.5, 0.6) is 0 Å². The number of rotatable bonds is 7. The Kier molecular flexibility index (Phi) is 19.4. The summed E-state index contributed by atoms with van der Waals surface area (Å²) in [6, 6.07) is 0. The molecule has 0 aromatic rings. The maximum Gasteiger partial charge on any atom is 1.00 e. The van der Waals surface area contributed by atoms with Gasteiger partial charge in [0.1, 0.15) is 0 Å². The van der Waals surface area contributed by atoms with Crippen molar-refractivity contribution in [2.75, 3.05) is 5.75 Å². The van der Waals surface area contributed by atoms with Crippen molar-refractivity contribution in [2.45, 2.75) is 45.4 Å². The smallest absolute Gasteiger partial charge is 0.422 e. The maximum absolute atomic E-state index is 4.79. The van der Waals surface area contributed by atoms with Gasteiger partial charge in [-0.25, -0.2) is 0 Å². The maximum atomic E-state index is 4.79. The molecule has 0 radical (unpaired) electrons. The van der Waals surface area contributed by atoms with Crippen molar-refractivity contribution in [1.29, 1.82) is 0 Å². The van der Waals surface area contributed by atoms with Crippen LogP contribution in [-0.2, 0) is 12.6 Å². The molecule has 0 saturated carbocycles. The van der Waals surface area contributed by atoms with Crippen molar-refractivity contribution in [3.63, 3.8) is 0 Å². The van der Waals surface area contributed by atoms with Gasteiger partial charge in [0.15, 0.2) is 0 Å². The van der Waals surface area contributed by atoms with Gasteiger partial charge in [-0.15, -0.1) is 11.8 Å². The fourth-order valence-electron chi connectivity index (χ4n) is 1.04. The molecule has 0 bridgehead atoms. The van der Waals surface area contributed by atoms with Gasteiger partial charge in [0.25, 0.3) is 0 Å². The van der Waals surface area contributed by atoms with Crippen molar-refractivity contribution in [1.82, 2.24) is 0 Å². The number of hydrogen-bond acceptors (Lipinski definition) is 3. The molecule has 0 fully saturated rings. The van der Waals surface area contributed by atoms with Gasteiger partial charge in [0.2, 0.25) is 0 Å². The van der Waals surface area contributed by atoms with Crippen LogP contribution >= 0.6 is 24.0 Å². The fraction of sp³-hybridized carbons (Fsp3) is 0.889. The molecule has 0 heterocycles. The van der Waals surface area contributed by atoms with Crippen LogP contribution in [0.2, 0.25) is 0 Å². The van der Waals surface area contributed by atoms with Gasteiger partial charge in [-0.1, -0.05) is 42.6 Å². The monoisotopic (exact) mass is 260 g/mol. The molecule has 0 spiro atoms. The van der Waals surface area contributed by atoms with Gasteiger partial charge in [-0.2, -0.15) is 0 Å². The van der Waals surface area contributed by atoms with E-state index < -0.39 is 0 Å². The van der Waals surface area contributed by atoms with Crippen LogP contribution in [0.4, 0.5) is 0 Å². The van der Waals surface area contributed by atoms with Crippen molar-refractivity contribution < 1.29 is 51.4 Å². The Bertz CT molecular complexity index is 117. The van der Waals surface area contributed by atoms with E-state index in [2.05, 4.69) is 6.92 Å². The minimum Gasteiger partial charge on any atom is -0.422 e. The summed E-state index contributed by atoms with van der Waals surface area (Å²) in [7, 11) is 0. The Morgan fingerprint density at radius 2 is 1.69 bits per heavy atom. The van der Waals surface area contributed by atoms with E-state index in [4.69, 9.17) is 24.8 Å². The summed E-state index contributed by atoms with van der Waals surface area (Å²) in [4.78, 5) is 0. The second kappa shape index (κ2) is 14.3. The molecule has 0 nitrogen and oxygen atoms in total. The molecule has 72 valence electrons. The third-order valence-electron chi connectivity index (χ3n) is 1.72. The van der Waals surface area contributed by atoms with Gasteiger partial charge in [0, 0.05) is 0 Å². The molecule has 0 saturated heterocycles. The van der Waals surface area contributed by atoms with Crippen LogP contribution in [-0.4, -0.2) is 9.28 Å². The molecule has 0 aliphatic rings. The molecule has 0 amide bonds. The van der Waals surface area contributed by atoms with Crippen LogP contribution in [0.15, 0.2) is 0 Å². The molecule has 0 aliphatic heterocycles. The molecule has 0 rings (SSSR count). The van der Waals surface area contributed by atoms with Gasteiger partial charge >= 0.3 is 51.4 Å². The summed E-state index contributed by atoms with van der Waals surface area (Å²) in [6.45, 7) is 2.24. The largest absolute Gasteiger partial charge is 1.00 e. The average Bonchev–Trinajstić information content (AvgIpc) is 2.02. The third kappa shape index (κ3) is 16.9. The van der Waals surface area contributed by atoms with Gasteiger partial charge < -0.3 is 24.8 Å². The van der Waals surface area contributed by atoms with Crippen LogP contribution in [0.25, 0.3) is 0 Å². The van der Waals surface area contributed by atoms with Gasteiger partial charge in [-0.3, -0.25) is 0 Å². The van der Waals surface area contributed by atoms with Crippen molar-refractivity contribution in [3.8, 4) is 0 Å². The first kappa shape index (κ1) is 17.7. The molecule has 0 aromatic carbocycles. The van der Waals surface area contributed by atoms with E-state index in [1.807, 2.05) is 0 Å². The SMILES string of the molecule is CCCCCCCCSC(=S)[S-].[K+]. The first-order valence-corrected chi connectivity index (χ1v) is 6.41. The third-order valence-corrected chi connectivity index (χ3v) is 3.15. The first-order valence-electron chi connectivity index (χ1n) is 4.61. The zero-order valence-electron chi connectivity index (χ0n) is 8.67. The topological polar surface area (TPSA) is 0 Å². The normalized spacial score (nSPS) is 9.31. The van der Waals surface area contributed by atoms with E-state index in [-0.39, 0.29) is 51.4 Å². The summed E-state index contributed by atoms with van der Waals surface area (Å²) in [6.07, 6.45) is 8.08. The van der Waals surface area contributed by atoms with E-state index in [9.17, 15) is 0 Å². The Morgan fingerprint density at radius 1 is 1.15 bits per heavy atom. The van der Waals surface area contributed by atoms with E-state index in [1.165, 1.54) is 38.5 Å². The standard InChI is InChI=1S/C9H18S3.K/c1-2-3-4-5-6-7-8-12-9(10)11;/h2-8H2,1H3,(H,10,11);/q;+1/p-1. The number of thiocarbonyl (C=S) groups is 1. The summed E-state index contributed by atoms with van der Waals surface area (Å²) in [5.41, 5.74) is 0. The molecule has 0 N–H and O–H groups in total. The summed E-state index contributed by atoms with van der Waals surface area (Å²) in [5, 5.41) is 0. The van der Waals surface area contributed by atoms with Crippen molar-refractivity contribution >= 4 is 40.1 Å². The number of thioether (sulfide) groups is 1. The summed E-state index contributed by atoms with van der Waals surface area (Å²) < 4.78 is 0.670. The summed E-state index contributed by atoms with van der Waals surface area (Å²) >= 11 is 11.2. The zero-order chi connectivity index (χ0) is 9.23. The van der Waals surface area contributed by atoms with Crippen LogP contribution < -0.4 is 51.4 Å². The molecular formula is C9H17KS3. The Balaban J connectivity index is 0. The van der Waals surface area contributed by atoms with Crippen LogP contribution in [0.1, 0.15) is 45.4 Å².